The van der Waals surface area contributed by atoms with Crippen LogP contribution in [0.4, 0.5) is 4.79 Å². The fraction of sp³-hybridized carbons (Fsp3) is 0.833. The maximum Gasteiger partial charge on any atom is 0.332 e. The van der Waals surface area contributed by atoms with Crippen LogP contribution in [-0.4, -0.2) is 52.3 Å². The summed E-state index contributed by atoms with van der Waals surface area (Å²) in [7, 11) is 0. The molecule has 0 saturated heterocycles. The molecule has 1 atom stereocenters. The number of aliphatic hydroxyl groups is 1. The number of nitrogens with zero attached hydrogens (tertiary/aromatic N) is 1. The largest absolute Gasteiger partial charge is 0.479 e. The summed E-state index contributed by atoms with van der Waals surface area (Å²) in [4.78, 5) is 24.1. The van der Waals surface area contributed by atoms with Gasteiger partial charge in [-0.1, -0.05) is 13.3 Å². The highest BCUT2D eigenvalue weighted by Crippen LogP contribution is 2.27. The summed E-state index contributed by atoms with van der Waals surface area (Å²) in [6, 6.07) is 0.199. The molecule has 1 aliphatic rings. The average molecular weight is 258 g/mol. The van der Waals surface area contributed by atoms with Gasteiger partial charge in [-0.3, -0.25) is 0 Å². The molecule has 6 heteroatoms. The van der Waals surface area contributed by atoms with Crippen LogP contribution in [0.25, 0.3) is 0 Å². The van der Waals surface area contributed by atoms with Crippen LogP contribution < -0.4 is 5.32 Å². The third-order valence-electron chi connectivity index (χ3n) is 2.98. The predicted molar refractivity (Wildman–Crippen MR) is 66.3 cm³/mol. The standard InChI is InChI=1S/C12H22N2O4/c1-2-3-8-14(9-4-5-9)12(18)13-7-6-10(15)11(16)17/h9-10,15H,2-8H2,1H3,(H,13,18)(H,16,17)/t10-/m0/s1. The van der Waals surface area contributed by atoms with Crippen LogP contribution in [0.5, 0.6) is 0 Å². The number of unbranched alkanes of at least 4 members (excludes halogenated alkanes) is 1. The summed E-state index contributed by atoms with van der Waals surface area (Å²) in [6.45, 7) is 3.00. The molecule has 0 aromatic rings. The molecule has 104 valence electrons. The summed E-state index contributed by atoms with van der Waals surface area (Å²) in [5.74, 6) is -1.26. The second kappa shape index (κ2) is 7.20. The number of hydrogen-bond donors (Lipinski definition) is 3. The highest BCUT2D eigenvalue weighted by Gasteiger charge is 2.31. The zero-order valence-corrected chi connectivity index (χ0v) is 10.8. The number of aliphatic carboxylic acids is 1. The van der Waals surface area contributed by atoms with E-state index in [2.05, 4.69) is 12.2 Å². The van der Waals surface area contributed by atoms with Crippen molar-refractivity contribution in [3.63, 3.8) is 0 Å². The van der Waals surface area contributed by atoms with Gasteiger partial charge in [-0.25, -0.2) is 9.59 Å². The minimum atomic E-state index is -1.41. The first-order chi connectivity index (χ1) is 8.56. The number of rotatable bonds is 8. The molecule has 0 radical (unpaired) electrons. The molecule has 2 amide bonds. The molecular weight excluding hydrogens is 236 g/mol. The molecule has 0 aromatic carbocycles. The van der Waals surface area contributed by atoms with E-state index >= 15 is 0 Å². The Morgan fingerprint density at radius 1 is 1.44 bits per heavy atom. The SMILES string of the molecule is CCCCN(C(=O)NCC[C@H](O)C(=O)O)C1CC1. The van der Waals surface area contributed by atoms with Crippen LogP contribution >= 0.6 is 0 Å². The van der Waals surface area contributed by atoms with Crippen molar-refractivity contribution in [3.05, 3.63) is 0 Å². The minimum absolute atomic E-state index is 0.0351. The van der Waals surface area contributed by atoms with Gasteiger partial charge in [0.15, 0.2) is 6.10 Å². The van der Waals surface area contributed by atoms with E-state index in [0.29, 0.717) is 6.04 Å². The Hall–Kier alpha value is -1.30. The number of carboxylic acid groups (broad SMARTS) is 1. The van der Waals surface area contributed by atoms with Crippen molar-refractivity contribution in [3.8, 4) is 0 Å². The van der Waals surface area contributed by atoms with Gasteiger partial charge >= 0.3 is 12.0 Å². The quantitative estimate of drug-likeness (QED) is 0.600. The van der Waals surface area contributed by atoms with Gasteiger partial charge in [-0.2, -0.15) is 0 Å². The Balaban J connectivity index is 2.26. The normalized spacial score (nSPS) is 16.1. The van der Waals surface area contributed by atoms with E-state index in [-0.39, 0.29) is 19.0 Å². The number of aliphatic hydroxyl groups excluding tert-OH is 1. The number of urea groups is 1. The topological polar surface area (TPSA) is 89.9 Å². The van der Waals surface area contributed by atoms with Crippen molar-refractivity contribution in [1.82, 2.24) is 10.2 Å². The minimum Gasteiger partial charge on any atom is -0.479 e. The van der Waals surface area contributed by atoms with E-state index in [1.54, 1.807) is 0 Å². The average Bonchev–Trinajstić information content (AvgIpc) is 3.13. The molecule has 0 heterocycles. The van der Waals surface area contributed by atoms with Gasteiger partial charge in [0.1, 0.15) is 0 Å². The maximum atomic E-state index is 11.9. The van der Waals surface area contributed by atoms with Crippen LogP contribution in [0, 0.1) is 0 Å². The summed E-state index contributed by atoms with van der Waals surface area (Å²) >= 11 is 0. The third-order valence-corrected chi connectivity index (χ3v) is 2.98. The van der Waals surface area contributed by atoms with E-state index in [4.69, 9.17) is 10.2 Å². The Morgan fingerprint density at radius 2 is 2.11 bits per heavy atom. The van der Waals surface area contributed by atoms with Crippen molar-refractivity contribution < 1.29 is 19.8 Å². The van der Waals surface area contributed by atoms with Gasteiger partial charge < -0.3 is 20.4 Å². The Labute approximate surface area is 107 Å². The number of carboxylic acids is 1. The smallest absolute Gasteiger partial charge is 0.332 e. The van der Waals surface area contributed by atoms with Crippen LogP contribution in [0.2, 0.25) is 0 Å². The van der Waals surface area contributed by atoms with Gasteiger partial charge in [0, 0.05) is 25.6 Å². The molecular formula is C12H22N2O4. The third kappa shape index (κ3) is 4.91. The van der Waals surface area contributed by atoms with Crippen LogP contribution in [0.1, 0.15) is 39.0 Å². The first kappa shape index (κ1) is 14.8. The zero-order chi connectivity index (χ0) is 13.5. The van der Waals surface area contributed by atoms with Crippen LogP contribution in [0.15, 0.2) is 0 Å². The molecule has 1 rings (SSSR count). The number of carbonyl (C=O) groups is 2. The highest BCUT2D eigenvalue weighted by molar-refractivity contribution is 5.75. The van der Waals surface area contributed by atoms with E-state index in [9.17, 15) is 9.59 Å². The lowest BCUT2D eigenvalue weighted by Gasteiger charge is -2.22. The number of nitrogens with one attached hydrogen (secondary N) is 1. The van der Waals surface area contributed by atoms with Gasteiger partial charge in [0.2, 0.25) is 0 Å². The molecule has 6 nitrogen and oxygen atoms in total. The highest BCUT2D eigenvalue weighted by atomic mass is 16.4. The monoisotopic (exact) mass is 258 g/mol. The first-order valence-corrected chi connectivity index (χ1v) is 6.51. The second-order valence-electron chi connectivity index (χ2n) is 4.65. The lowest BCUT2D eigenvalue weighted by atomic mass is 10.2. The number of carbonyl (C=O) groups excluding carboxylic acids is 1. The molecule has 1 fully saturated rings. The zero-order valence-electron chi connectivity index (χ0n) is 10.8. The maximum absolute atomic E-state index is 11.9. The van der Waals surface area contributed by atoms with Gasteiger partial charge in [-0.05, 0) is 19.3 Å². The van der Waals surface area contributed by atoms with E-state index in [0.717, 1.165) is 32.2 Å². The summed E-state index contributed by atoms with van der Waals surface area (Å²) in [5.41, 5.74) is 0. The number of amides is 2. The Kier molecular flexibility index (Phi) is 5.91. The lowest BCUT2D eigenvalue weighted by molar-refractivity contribution is -0.146. The van der Waals surface area contributed by atoms with Crippen LogP contribution in [0.3, 0.4) is 0 Å². The van der Waals surface area contributed by atoms with Crippen molar-refractivity contribution in [2.75, 3.05) is 13.1 Å². The molecule has 0 aliphatic heterocycles. The summed E-state index contributed by atoms with van der Waals surface area (Å²) in [6.07, 6.45) is 2.74. The van der Waals surface area contributed by atoms with E-state index in [1.165, 1.54) is 0 Å². The van der Waals surface area contributed by atoms with Gasteiger partial charge in [-0.15, -0.1) is 0 Å². The first-order valence-electron chi connectivity index (χ1n) is 6.51. The predicted octanol–water partition coefficient (Wildman–Crippen LogP) is 0.796. The fourth-order valence-electron chi connectivity index (χ4n) is 1.71. The summed E-state index contributed by atoms with van der Waals surface area (Å²) < 4.78 is 0. The van der Waals surface area contributed by atoms with Crippen molar-refractivity contribution in [2.45, 2.75) is 51.2 Å². The van der Waals surface area contributed by atoms with Gasteiger partial charge in [0.25, 0.3) is 0 Å². The fourth-order valence-corrected chi connectivity index (χ4v) is 1.71. The molecule has 0 bridgehead atoms. The van der Waals surface area contributed by atoms with Crippen LogP contribution in [-0.2, 0) is 4.79 Å². The molecule has 18 heavy (non-hydrogen) atoms. The molecule has 0 spiro atoms. The van der Waals surface area contributed by atoms with E-state index < -0.39 is 12.1 Å². The van der Waals surface area contributed by atoms with E-state index in [1.807, 2.05) is 4.90 Å². The summed E-state index contributed by atoms with van der Waals surface area (Å²) in [5, 5.41) is 20.2. The second-order valence-corrected chi connectivity index (χ2v) is 4.65. The Morgan fingerprint density at radius 3 is 2.61 bits per heavy atom. The molecule has 1 saturated carbocycles. The lowest BCUT2D eigenvalue weighted by Crippen LogP contribution is -2.43. The van der Waals surface area contributed by atoms with Crippen molar-refractivity contribution in [1.29, 1.82) is 0 Å². The molecule has 1 aliphatic carbocycles. The molecule has 3 N–H and O–H groups in total. The Bertz CT molecular complexity index is 292. The van der Waals surface area contributed by atoms with Crippen molar-refractivity contribution in [2.24, 2.45) is 0 Å². The molecule has 0 aromatic heterocycles. The number of hydrogen-bond acceptors (Lipinski definition) is 3. The van der Waals surface area contributed by atoms with Gasteiger partial charge in [0.05, 0.1) is 0 Å². The molecule has 0 unspecified atom stereocenters. The van der Waals surface area contributed by atoms with Crippen molar-refractivity contribution >= 4 is 12.0 Å².